The number of para-hydroxylation sites is 2. The van der Waals surface area contributed by atoms with Crippen molar-refractivity contribution in [3.05, 3.63) is 52.0 Å². The van der Waals surface area contributed by atoms with E-state index in [1.807, 2.05) is 44.2 Å². The Morgan fingerprint density at radius 3 is 2.68 bits per heavy atom. The molecule has 2 N–H and O–H groups in total. The molecule has 7 heteroatoms. The predicted octanol–water partition coefficient (Wildman–Crippen LogP) is 4.29. The van der Waals surface area contributed by atoms with E-state index in [2.05, 4.69) is 26.6 Å². The number of anilines is 1. The van der Waals surface area contributed by atoms with E-state index in [1.54, 1.807) is 6.07 Å². The number of ether oxygens (including phenoxy) is 2. The van der Waals surface area contributed by atoms with Crippen LogP contribution in [0.1, 0.15) is 22.8 Å². The van der Waals surface area contributed by atoms with Crippen LogP contribution in [0.2, 0.25) is 0 Å². The summed E-state index contributed by atoms with van der Waals surface area (Å²) >= 11 is 8.64. The second-order valence-electron chi connectivity index (χ2n) is 5.14. The molecule has 2 aromatic carbocycles. The average Bonchev–Trinajstić information content (AvgIpc) is 2.56. The monoisotopic (exact) mass is 422 g/mol. The quantitative estimate of drug-likeness (QED) is 0.703. The lowest BCUT2D eigenvalue weighted by Crippen LogP contribution is -2.34. The molecule has 0 aliphatic carbocycles. The summed E-state index contributed by atoms with van der Waals surface area (Å²) in [6, 6.07) is 11.0. The van der Waals surface area contributed by atoms with Gasteiger partial charge in [-0.2, -0.15) is 0 Å². The SMILES string of the molecule is CCOc1ccccc1NC(=S)NC(=O)c1cc(Br)cc(C)c1OC. The van der Waals surface area contributed by atoms with Crippen LogP contribution >= 0.6 is 28.1 Å². The number of amides is 1. The largest absolute Gasteiger partial charge is 0.496 e. The smallest absolute Gasteiger partial charge is 0.261 e. The molecule has 0 atom stereocenters. The molecule has 0 radical (unpaired) electrons. The van der Waals surface area contributed by atoms with Crippen molar-refractivity contribution in [2.45, 2.75) is 13.8 Å². The number of aryl methyl sites for hydroxylation is 1. The van der Waals surface area contributed by atoms with Crippen LogP contribution in [0.3, 0.4) is 0 Å². The van der Waals surface area contributed by atoms with E-state index in [1.165, 1.54) is 7.11 Å². The van der Waals surface area contributed by atoms with Crippen LogP contribution < -0.4 is 20.1 Å². The van der Waals surface area contributed by atoms with E-state index in [0.29, 0.717) is 29.4 Å². The standard InChI is InChI=1S/C18H19BrN2O3S/c1-4-24-15-8-6-5-7-14(15)20-18(25)21-17(22)13-10-12(19)9-11(2)16(13)23-3/h5-10H,4H2,1-3H3,(H2,20,21,22,25). The molecule has 2 rings (SSSR count). The molecule has 0 bridgehead atoms. The van der Waals surface area contributed by atoms with Crippen molar-refractivity contribution in [3.63, 3.8) is 0 Å². The van der Waals surface area contributed by atoms with Gasteiger partial charge in [0.1, 0.15) is 11.5 Å². The first-order chi connectivity index (χ1) is 12.0. The molecule has 25 heavy (non-hydrogen) atoms. The minimum atomic E-state index is -0.354. The van der Waals surface area contributed by atoms with Crippen LogP contribution in [-0.2, 0) is 0 Å². The van der Waals surface area contributed by atoms with Crippen LogP contribution in [-0.4, -0.2) is 24.7 Å². The molecule has 0 spiro atoms. The predicted molar refractivity (Wildman–Crippen MR) is 107 cm³/mol. The van der Waals surface area contributed by atoms with Gasteiger partial charge in [0, 0.05) is 4.47 Å². The first-order valence-electron chi connectivity index (χ1n) is 7.64. The van der Waals surface area contributed by atoms with Gasteiger partial charge in [-0.25, -0.2) is 0 Å². The minimum absolute atomic E-state index is 0.178. The van der Waals surface area contributed by atoms with Crippen molar-refractivity contribution in [1.29, 1.82) is 0 Å². The maximum Gasteiger partial charge on any atom is 0.261 e. The summed E-state index contributed by atoms with van der Waals surface area (Å²) in [7, 11) is 1.53. The van der Waals surface area contributed by atoms with Crippen LogP contribution in [0.5, 0.6) is 11.5 Å². The lowest BCUT2D eigenvalue weighted by molar-refractivity contribution is 0.0974. The number of rotatable bonds is 5. The maximum absolute atomic E-state index is 12.6. The fourth-order valence-electron chi connectivity index (χ4n) is 2.34. The lowest BCUT2D eigenvalue weighted by Gasteiger charge is -2.15. The zero-order valence-electron chi connectivity index (χ0n) is 14.2. The molecule has 0 fully saturated rings. The summed E-state index contributed by atoms with van der Waals surface area (Å²) in [5.41, 5.74) is 1.94. The van der Waals surface area contributed by atoms with Crippen molar-refractivity contribution in [3.8, 4) is 11.5 Å². The van der Waals surface area contributed by atoms with E-state index in [0.717, 1.165) is 10.0 Å². The summed E-state index contributed by atoms with van der Waals surface area (Å²) in [5.74, 6) is 0.823. The van der Waals surface area contributed by atoms with Gasteiger partial charge in [-0.1, -0.05) is 28.1 Å². The fraction of sp³-hybridized carbons (Fsp3) is 0.222. The Bertz CT molecular complexity index is 796. The molecule has 1 amide bonds. The van der Waals surface area contributed by atoms with Gasteiger partial charge < -0.3 is 14.8 Å². The van der Waals surface area contributed by atoms with Gasteiger partial charge >= 0.3 is 0 Å². The van der Waals surface area contributed by atoms with Gasteiger partial charge in [0.05, 0.1) is 25.0 Å². The lowest BCUT2D eigenvalue weighted by atomic mass is 10.1. The number of carbonyl (C=O) groups is 1. The Kier molecular flexibility index (Phi) is 6.78. The molecular formula is C18H19BrN2O3S. The highest BCUT2D eigenvalue weighted by molar-refractivity contribution is 9.10. The number of halogens is 1. The van der Waals surface area contributed by atoms with Gasteiger partial charge in [0.15, 0.2) is 5.11 Å². The highest BCUT2D eigenvalue weighted by Crippen LogP contribution is 2.28. The highest BCUT2D eigenvalue weighted by atomic mass is 79.9. The van der Waals surface area contributed by atoms with Crippen LogP contribution in [0.25, 0.3) is 0 Å². The summed E-state index contributed by atoms with van der Waals surface area (Å²) in [6.45, 7) is 4.31. The summed E-state index contributed by atoms with van der Waals surface area (Å²) in [5, 5.41) is 5.83. The first kappa shape index (κ1) is 19.2. The number of thiocarbonyl (C=S) groups is 1. The normalized spacial score (nSPS) is 10.1. The van der Waals surface area contributed by atoms with Gasteiger partial charge in [0.2, 0.25) is 0 Å². The van der Waals surface area contributed by atoms with Gasteiger partial charge in [-0.15, -0.1) is 0 Å². The summed E-state index contributed by atoms with van der Waals surface area (Å²) < 4.78 is 11.7. The van der Waals surface area contributed by atoms with E-state index < -0.39 is 0 Å². The van der Waals surface area contributed by atoms with E-state index in [-0.39, 0.29) is 11.0 Å². The molecule has 0 aliphatic heterocycles. The minimum Gasteiger partial charge on any atom is -0.496 e. The molecule has 0 aromatic heterocycles. The maximum atomic E-state index is 12.6. The number of benzene rings is 2. The fourth-order valence-corrected chi connectivity index (χ4v) is 3.12. The number of nitrogens with one attached hydrogen (secondary N) is 2. The molecule has 5 nitrogen and oxygen atoms in total. The van der Waals surface area contributed by atoms with Crippen LogP contribution in [0, 0.1) is 6.92 Å². The summed E-state index contributed by atoms with van der Waals surface area (Å²) in [4.78, 5) is 12.6. The topological polar surface area (TPSA) is 59.6 Å². The molecule has 0 unspecified atom stereocenters. The number of methoxy groups -OCH3 is 1. The Labute approximate surface area is 160 Å². The van der Waals surface area contributed by atoms with Crippen LogP contribution in [0.4, 0.5) is 5.69 Å². The van der Waals surface area contributed by atoms with E-state index in [9.17, 15) is 4.79 Å². The molecule has 0 aliphatic rings. The molecule has 0 saturated carbocycles. The van der Waals surface area contributed by atoms with Gasteiger partial charge in [-0.05, 0) is 55.9 Å². The zero-order chi connectivity index (χ0) is 18.4. The van der Waals surface area contributed by atoms with E-state index in [4.69, 9.17) is 21.7 Å². The first-order valence-corrected chi connectivity index (χ1v) is 8.84. The molecular weight excluding hydrogens is 404 g/mol. The molecule has 2 aromatic rings. The van der Waals surface area contributed by atoms with Crippen LogP contribution in [0.15, 0.2) is 40.9 Å². The van der Waals surface area contributed by atoms with Crippen molar-refractivity contribution in [1.82, 2.24) is 5.32 Å². The van der Waals surface area contributed by atoms with Crippen molar-refractivity contribution >= 4 is 44.9 Å². The molecule has 0 saturated heterocycles. The number of hydrogen-bond donors (Lipinski definition) is 2. The van der Waals surface area contributed by atoms with Gasteiger partial charge in [0.25, 0.3) is 5.91 Å². The van der Waals surface area contributed by atoms with Crippen molar-refractivity contribution < 1.29 is 14.3 Å². The second kappa shape index (κ2) is 8.82. The Hall–Kier alpha value is -2.12. The Balaban J connectivity index is 2.15. The number of hydrogen-bond acceptors (Lipinski definition) is 4. The van der Waals surface area contributed by atoms with Crippen molar-refractivity contribution in [2.24, 2.45) is 0 Å². The molecule has 0 heterocycles. The second-order valence-corrected chi connectivity index (χ2v) is 6.46. The third kappa shape index (κ3) is 4.93. The summed E-state index contributed by atoms with van der Waals surface area (Å²) in [6.07, 6.45) is 0. The third-order valence-corrected chi connectivity index (χ3v) is 4.01. The van der Waals surface area contributed by atoms with Crippen molar-refractivity contribution in [2.75, 3.05) is 19.0 Å². The average molecular weight is 423 g/mol. The zero-order valence-corrected chi connectivity index (χ0v) is 16.6. The number of carbonyl (C=O) groups excluding carboxylic acids is 1. The Morgan fingerprint density at radius 1 is 1.28 bits per heavy atom. The molecule has 132 valence electrons. The van der Waals surface area contributed by atoms with Gasteiger partial charge in [-0.3, -0.25) is 10.1 Å². The Morgan fingerprint density at radius 2 is 2.00 bits per heavy atom. The van der Waals surface area contributed by atoms with E-state index >= 15 is 0 Å². The third-order valence-electron chi connectivity index (χ3n) is 3.35. The highest BCUT2D eigenvalue weighted by Gasteiger charge is 2.17.